The van der Waals surface area contributed by atoms with E-state index in [1.807, 2.05) is 24.3 Å². The molecule has 0 spiro atoms. The number of nitrogens with zero attached hydrogens (tertiary/aromatic N) is 2. The molecule has 4 rings (SSSR count). The van der Waals surface area contributed by atoms with E-state index in [1.54, 1.807) is 13.2 Å². The van der Waals surface area contributed by atoms with Crippen molar-refractivity contribution in [2.45, 2.75) is 40.0 Å². The summed E-state index contributed by atoms with van der Waals surface area (Å²) < 4.78 is 10.5. The van der Waals surface area contributed by atoms with Gasteiger partial charge >= 0.3 is 0 Å². The number of nitrogens with one attached hydrogen (secondary N) is 1. The molecule has 3 aromatic rings. The van der Waals surface area contributed by atoms with Crippen molar-refractivity contribution in [3.05, 3.63) is 52.0 Å². The quantitative estimate of drug-likeness (QED) is 0.569. The molecule has 1 N–H and O–H groups in total. The summed E-state index contributed by atoms with van der Waals surface area (Å²) in [6.45, 7) is 6.78. The highest BCUT2D eigenvalue weighted by molar-refractivity contribution is 7.16. The molecule has 160 valence electrons. The summed E-state index contributed by atoms with van der Waals surface area (Å²) in [6, 6.07) is 11.2. The molecule has 0 saturated heterocycles. The van der Waals surface area contributed by atoms with Gasteiger partial charge in [-0.1, -0.05) is 25.9 Å². The third-order valence-electron chi connectivity index (χ3n) is 5.95. The molecule has 0 aliphatic heterocycles. The first-order valence-corrected chi connectivity index (χ1v) is 11.1. The van der Waals surface area contributed by atoms with E-state index >= 15 is 0 Å². The lowest BCUT2D eigenvalue weighted by atomic mass is 9.72. The SMILES string of the molecule is COc1ccc(-c2cc(C(=O)Nc3sc4c(c3C#N)CC[C@H](C(C)(C)C)C4)no2)cc1. The number of rotatable bonds is 4. The highest BCUT2D eigenvalue weighted by Gasteiger charge is 2.32. The van der Waals surface area contributed by atoms with Gasteiger partial charge in [0.2, 0.25) is 0 Å². The van der Waals surface area contributed by atoms with Crippen LogP contribution in [0.1, 0.15) is 53.7 Å². The zero-order valence-electron chi connectivity index (χ0n) is 18.1. The smallest absolute Gasteiger partial charge is 0.278 e. The number of benzene rings is 1. The van der Waals surface area contributed by atoms with Gasteiger partial charge in [-0.3, -0.25) is 4.79 Å². The van der Waals surface area contributed by atoms with Crippen molar-refractivity contribution in [1.29, 1.82) is 5.26 Å². The number of thiophene rings is 1. The largest absolute Gasteiger partial charge is 0.497 e. The van der Waals surface area contributed by atoms with Gasteiger partial charge in [0.15, 0.2) is 11.5 Å². The van der Waals surface area contributed by atoms with Crippen LogP contribution in [0.25, 0.3) is 11.3 Å². The second-order valence-corrected chi connectivity index (χ2v) is 9.99. The molecule has 2 aromatic heterocycles. The molecular weight excluding hydrogens is 410 g/mol. The number of carbonyl (C=O) groups excluding carboxylic acids is 1. The predicted molar refractivity (Wildman–Crippen MR) is 120 cm³/mol. The average molecular weight is 436 g/mol. The van der Waals surface area contributed by atoms with Gasteiger partial charge in [-0.15, -0.1) is 11.3 Å². The molecule has 1 amide bonds. The molecule has 0 radical (unpaired) electrons. The Hall–Kier alpha value is -3.11. The summed E-state index contributed by atoms with van der Waals surface area (Å²) in [7, 11) is 1.60. The molecule has 0 saturated carbocycles. The highest BCUT2D eigenvalue weighted by Crippen LogP contribution is 2.44. The van der Waals surface area contributed by atoms with Crippen LogP contribution in [0.2, 0.25) is 0 Å². The van der Waals surface area contributed by atoms with Gasteiger partial charge in [0.05, 0.1) is 12.7 Å². The van der Waals surface area contributed by atoms with E-state index in [1.165, 1.54) is 16.2 Å². The number of ether oxygens (including phenoxy) is 1. The van der Waals surface area contributed by atoms with Crippen LogP contribution in [0.4, 0.5) is 5.00 Å². The highest BCUT2D eigenvalue weighted by atomic mass is 32.1. The average Bonchev–Trinajstić information content (AvgIpc) is 3.37. The summed E-state index contributed by atoms with van der Waals surface area (Å²) in [4.78, 5) is 14.0. The van der Waals surface area contributed by atoms with E-state index in [-0.39, 0.29) is 17.0 Å². The topological polar surface area (TPSA) is 88.1 Å². The Morgan fingerprint density at radius 2 is 2.06 bits per heavy atom. The zero-order valence-corrected chi connectivity index (χ0v) is 18.9. The Balaban J connectivity index is 1.54. The van der Waals surface area contributed by atoms with Crippen molar-refractivity contribution in [3.8, 4) is 23.1 Å². The van der Waals surface area contributed by atoms with Gasteiger partial charge < -0.3 is 14.6 Å². The van der Waals surface area contributed by atoms with Crippen LogP contribution in [0.3, 0.4) is 0 Å². The molecule has 1 atom stereocenters. The van der Waals surface area contributed by atoms with E-state index in [0.29, 0.717) is 22.2 Å². The van der Waals surface area contributed by atoms with Crippen molar-refractivity contribution in [3.63, 3.8) is 0 Å². The molecule has 0 fully saturated rings. The van der Waals surface area contributed by atoms with Crippen LogP contribution in [-0.4, -0.2) is 18.2 Å². The molecule has 0 unspecified atom stereocenters. The van der Waals surface area contributed by atoms with Gasteiger partial charge in [0, 0.05) is 16.5 Å². The van der Waals surface area contributed by atoms with Crippen LogP contribution in [0.5, 0.6) is 5.75 Å². The van der Waals surface area contributed by atoms with E-state index < -0.39 is 0 Å². The summed E-state index contributed by atoms with van der Waals surface area (Å²) in [5.74, 6) is 1.41. The molecular formula is C24H25N3O3S. The molecule has 7 heteroatoms. The summed E-state index contributed by atoms with van der Waals surface area (Å²) in [5, 5.41) is 17.1. The van der Waals surface area contributed by atoms with Crippen molar-refractivity contribution in [2.75, 3.05) is 12.4 Å². The van der Waals surface area contributed by atoms with Gasteiger partial charge in [-0.25, -0.2) is 0 Å². The number of carbonyl (C=O) groups is 1. The van der Waals surface area contributed by atoms with E-state index in [0.717, 1.165) is 36.1 Å². The molecule has 0 bridgehead atoms. The Kier molecular flexibility index (Phi) is 5.59. The fourth-order valence-electron chi connectivity index (χ4n) is 3.97. The Morgan fingerprint density at radius 3 is 2.71 bits per heavy atom. The van der Waals surface area contributed by atoms with Crippen molar-refractivity contribution in [2.24, 2.45) is 11.3 Å². The number of fused-ring (bicyclic) bond motifs is 1. The Morgan fingerprint density at radius 1 is 1.32 bits per heavy atom. The first kappa shape index (κ1) is 21.1. The summed E-state index contributed by atoms with van der Waals surface area (Å²) in [6.07, 6.45) is 2.88. The number of aromatic nitrogens is 1. The summed E-state index contributed by atoms with van der Waals surface area (Å²) in [5.41, 5.74) is 2.86. The minimum atomic E-state index is -0.383. The van der Waals surface area contributed by atoms with Crippen LogP contribution in [-0.2, 0) is 12.8 Å². The zero-order chi connectivity index (χ0) is 22.2. The van der Waals surface area contributed by atoms with Crippen LogP contribution >= 0.6 is 11.3 Å². The second-order valence-electron chi connectivity index (χ2n) is 8.88. The van der Waals surface area contributed by atoms with Crippen molar-refractivity contribution >= 4 is 22.2 Å². The first-order valence-electron chi connectivity index (χ1n) is 10.3. The van der Waals surface area contributed by atoms with E-state index in [9.17, 15) is 10.1 Å². The maximum atomic E-state index is 12.8. The predicted octanol–water partition coefficient (Wildman–Crippen LogP) is 5.69. The van der Waals surface area contributed by atoms with Gasteiger partial charge in [-0.2, -0.15) is 5.26 Å². The first-order chi connectivity index (χ1) is 14.8. The lowest BCUT2D eigenvalue weighted by Gasteiger charge is -2.33. The molecule has 6 nitrogen and oxygen atoms in total. The number of nitriles is 1. The standard InChI is InChI=1S/C24H25N3O3S/c1-24(2,3)15-7-10-17-18(13-25)23(31-21(17)11-15)26-22(28)19-12-20(30-27-19)14-5-8-16(29-4)9-6-14/h5-6,8-9,12,15H,7,10-11H2,1-4H3,(H,26,28)/t15-/m0/s1. The van der Waals surface area contributed by atoms with Crippen molar-refractivity contribution < 1.29 is 14.1 Å². The molecule has 1 aliphatic rings. The van der Waals surface area contributed by atoms with E-state index in [4.69, 9.17) is 9.26 Å². The number of hydrogen-bond acceptors (Lipinski definition) is 6. The number of anilines is 1. The minimum absolute atomic E-state index is 0.175. The second kappa shape index (κ2) is 8.20. The van der Waals surface area contributed by atoms with Gasteiger partial charge in [-0.05, 0) is 60.4 Å². The third-order valence-corrected chi connectivity index (χ3v) is 7.12. The normalized spacial score (nSPS) is 15.8. The van der Waals surface area contributed by atoms with Gasteiger partial charge in [0.1, 0.15) is 16.8 Å². The third kappa shape index (κ3) is 4.21. The molecule has 2 heterocycles. The molecule has 31 heavy (non-hydrogen) atoms. The number of amides is 1. The van der Waals surface area contributed by atoms with Crippen molar-refractivity contribution in [1.82, 2.24) is 5.16 Å². The minimum Gasteiger partial charge on any atom is -0.497 e. The summed E-state index contributed by atoms with van der Waals surface area (Å²) >= 11 is 1.51. The monoisotopic (exact) mass is 435 g/mol. The van der Waals surface area contributed by atoms with Crippen LogP contribution < -0.4 is 10.1 Å². The fourth-order valence-corrected chi connectivity index (χ4v) is 5.25. The molecule has 1 aliphatic carbocycles. The van der Waals surface area contributed by atoms with Gasteiger partial charge in [0.25, 0.3) is 5.91 Å². The number of methoxy groups -OCH3 is 1. The van der Waals surface area contributed by atoms with Crippen LogP contribution in [0, 0.1) is 22.7 Å². The lowest BCUT2D eigenvalue weighted by Crippen LogP contribution is -2.26. The lowest BCUT2D eigenvalue weighted by molar-refractivity contribution is 0.101. The van der Waals surface area contributed by atoms with E-state index in [2.05, 4.69) is 37.3 Å². The fraction of sp³-hybridized carbons (Fsp3) is 0.375. The van der Waals surface area contributed by atoms with Crippen LogP contribution in [0.15, 0.2) is 34.9 Å². The Labute approximate surface area is 185 Å². The maximum Gasteiger partial charge on any atom is 0.278 e. The maximum absolute atomic E-state index is 12.8. The molecule has 1 aromatic carbocycles. The number of hydrogen-bond donors (Lipinski definition) is 1. The Bertz CT molecular complexity index is 1150.